The van der Waals surface area contributed by atoms with Gasteiger partial charge >= 0.3 is 0 Å². The van der Waals surface area contributed by atoms with Gasteiger partial charge in [-0.3, -0.25) is 9.36 Å². The monoisotopic (exact) mass is 319 g/mol. The third kappa shape index (κ3) is 2.52. The van der Waals surface area contributed by atoms with Gasteiger partial charge in [0, 0.05) is 42.2 Å². The first-order chi connectivity index (χ1) is 11.7. The normalized spacial score (nSPS) is 11.1. The first kappa shape index (κ1) is 14.4. The minimum absolute atomic E-state index is 0.650. The fourth-order valence-electron chi connectivity index (χ4n) is 2.86. The molecule has 120 valence electrons. The maximum absolute atomic E-state index is 5.47. The smallest absolute Gasteiger partial charge is 0.145 e. The average Bonchev–Trinajstić information content (AvgIpc) is 3.25. The number of aromatic nitrogens is 5. The number of para-hydroxylation sites is 1. The number of ether oxygens (including phenoxy) is 1. The summed E-state index contributed by atoms with van der Waals surface area (Å²) in [6.45, 7) is 0.650. The molecule has 0 saturated heterocycles. The fourth-order valence-corrected chi connectivity index (χ4v) is 2.86. The lowest BCUT2D eigenvalue weighted by Crippen LogP contribution is -2.03. The summed E-state index contributed by atoms with van der Waals surface area (Å²) in [5.41, 5.74) is 3.82. The molecule has 0 aliphatic heterocycles. The van der Waals surface area contributed by atoms with Crippen LogP contribution < -0.4 is 4.74 Å². The van der Waals surface area contributed by atoms with E-state index in [1.807, 2.05) is 54.6 Å². The highest BCUT2D eigenvalue weighted by Gasteiger charge is 2.14. The average molecular weight is 319 g/mol. The van der Waals surface area contributed by atoms with Gasteiger partial charge in [-0.15, -0.1) is 0 Å². The molecule has 3 heterocycles. The highest BCUT2D eigenvalue weighted by molar-refractivity contribution is 5.88. The van der Waals surface area contributed by atoms with Crippen molar-refractivity contribution >= 4 is 10.9 Å². The SMILES string of the molecule is COc1cccc2cc(Cn3cccn3)c(-c3cnn(C)c3)nc12. The van der Waals surface area contributed by atoms with Crippen molar-refractivity contribution in [2.24, 2.45) is 7.05 Å². The number of hydrogen-bond acceptors (Lipinski definition) is 4. The molecule has 6 heteroatoms. The van der Waals surface area contributed by atoms with E-state index in [4.69, 9.17) is 9.72 Å². The van der Waals surface area contributed by atoms with Gasteiger partial charge in [-0.05, 0) is 18.2 Å². The highest BCUT2D eigenvalue weighted by Crippen LogP contribution is 2.30. The Balaban J connectivity index is 1.94. The van der Waals surface area contributed by atoms with Crippen LogP contribution in [0.3, 0.4) is 0 Å². The Kier molecular flexibility index (Phi) is 3.49. The maximum Gasteiger partial charge on any atom is 0.145 e. The molecule has 6 nitrogen and oxygen atoms in total. The van der Waals surface area contributed by atoms with Crippen LogP contribution in [-0.4, -0.2) is 31.7 Å². The van der Waals surface area contributed by atoms with Crippen LogP contribution in [0, 0.1) is 0 Å². The van der Waals surface area contributed by atoms with E-state index >= 15 is 0 Å². The summed E-state index contributed by atoms with van der Waals surface area (Å²) < 4.78 is 9.14. The molecule has 4 aromatic rings. The number of rotatable bonds is 4. The maximum atomic E-state index is 5.47. The third-order valence-corrected chi connectivity index (χ3v) is 3.98. The second kappa shape index (κ2) is 5.81. The van der Waals surface area contributed by atoms with E-state index in [0.717, 1.165) is 33.5 Å². The Morgan fingerprint density at radius 1 is 1.17 bits per heavy atom. The van der Waals surface area contributed by atoms with Crippen molar-refractivity contribution < 1.29 is 4.74 Å². The van der Waals surface area contributed by atoms with Gasteiger partial charge in [-0.1, -0.05) is 12.1 Å². The third-order valence-electron chi connectivity index (χ3n) is 3.98. The summed E-state index contributed by atoms with van der Waals surface area (Å²) >= 11 is 0. The van der Waals surface area contributed by atoms with Crippen LogP contribution in [0.5, 0.6) is 5.75 Å². The molecule has 0 fully saturated rings. The number of hydrogen-bond donors (Lipinski definition) is 0. The predicted octanol–water partition coefficient (Wildman–Crippen LogP) is 2.89. The van der Waals surface area contributed by atoms with Gasteiger partial charge in [0.15, 0.2) is 0 Å². The van der Waals surface area contributed by atoms with Crippen LogP contribution in [0.4, 0.5) is 0 Å². The van der Waals surface area contributed by atoms with Gasteiger partial charge in [0.2, 0.25) is 0 Å². The Labute approximate surface area is 139 Å². The molecule has 0 radical (unpaired) electrons. The van der Waals surface area contributed by atoms with Crippen LogP contribution in [-0.2, 0) is 13.6 Å². The number of nitrogens with zero attached hydrogens (tertiary/aromatic N) is 5. The molecule has 3 aromatic heterocycles. The molecule has 0 aliphatic rings. The summed E-state index contributed by atoms with van der Waals surface area (Å²) in [6, 6.07) is 10.0. The van der Waals surface area contributed by atoms with Crippen molar-refractivity contribution in [1.29, 1.82) is 0 Å². The van der Waals surface area contributed by atoms with Gasteiger partial charge in [0.05, 0.1) is 25.5 Å². The quantitative estimate of drug-likeness (QED) is 0.580. The second-order valence-electron chi connectivity index (χ2n) is 5.63. The van der Waals surface area contributed by atoms with Crippen LogP contribution >= 0.6 is 0 Å². The lowest BCUT2D eigenvalue weighted by molar-refractivity contribution is 0.419. The van der Waals surface area contributed by atoms with Gasteiger partial charge in [0.1, 0.15) is 11.3 Å². The van der Waals surface area contributed by atoms with Gasteiger partial charge in [-0.2, -0.15) is 10.2 Å². The van der Waals surface area contributed by atoms with E-state index in [0.29, 0.717) is 6.54 Å². The van der Waals surface area contributed by atoms with Gasteiger partial charge in [-0.25, -0.2) is 4.98 Å². The number of benzene rings is 1. The molecule has 4 rings (SSSR count). The standard InChI is InChI=1S/C18H17N5O/c1-22-11-15(10-20-22)17-14(12-23-8-4-7-19-23)9-13-5-3-6-16(24-2)18(13)21-17/h3-11H,12H2,1-2H3. The zero-order valence-electron chi connectivity index (χ0n) is 13.5. The number of fused-ring (bicyclic) bond motifs is 1. The zero-order chi connectivity index (χ0) is 16.5. The topological polar surface area (TPSA) is 57.8 Å². The number of aryl methyl sites for hydroxylation is 1. The van der Waals surface area contributed by atoms with Crippen molar-refractivity contribution in [3.8, 4) is 17.0 Å². The molecule has 1 aromatic carbocycles. The molecule has 0 amide bonds. The molecule has 24 heavy (non-hydrogen) atoms. The lowest BCUT2D eigenvalue weighted by atomic mass is 10.1. The van der Waals surface area contributed by atoms with E-state index in [1.54, 1.807) is 18.0 Å². The predicted molar refractivity (Wildman–Crippen MR) is 91.8 cm³/mol. The summed E-state index contributed by atoms with van der Waals surface area (Å²) in [4.78, 5) is 4.89. The number of pyridine rings is 1. The van der Waals surface area contributed by atoms with Crippen molar-refractivity contribution in [2.75, 3.05) is 7.11 Å². The molecule has 0 saturated carbocycles. The van der Waals surface area contributed by atoms with Crippen LogP contribution in [0.1, 0.15) is 5.56 Å². The Morgan fingerprint density at radius 2 is 2.08 bits per heavy atom. The van der Waals surface area contributed by atoms with E-state index in [1.165, 1.54) is 0 Å². The van der Waals surface area contributed by atoms with Crippen molar-refractivity contribution in [3.05, 3.63) is 60.7 Å². The molecule has 0 bridgehead atoms. The van der Waals surface area contributed by atoms with E-state index in [9.17, 15) is 0 Å². The van der Waals surface area contributed by atoms with Crippen LogP contribution in [0.2, 0.25) is 0 Å². The summed E-state index contributed by atoms with van der Waals surface area (Å²) in [5, 5.41) is 9.63. The Morgan fingerprint density at radius 3 is 2.79 bits per heavy atom. The number of methoxy groups -OCH3 is 1. The Bertz CT molecular complexity index is 988. The molecule has 0 spiro atoms. The first-order valence-electron chi connectivity index (χ1n) is 7.67. The van der Waals surface area contributed by atoms with E-state index < -0.39 is 0 Å². The zero-order valence-corrected chi connectivity index (χ0v) is 13.5. The molecular weight excluding hydrogens is 302 g/mol. The van der Waals surface area contributed by atoms with E-state index in [2.05, 4.69) is 16.3 Å². The summed E-state index contributed by atoms with van der Waals surface area (Å²) in [6.07, 6.45) is 7.52. The molecule has 0 unspecified atom stereocenters. The molecular formula is C18H17N5O. The largest absolute Gasteiger partial charge is 0.494 e. The lowest BCUT2D eigenvalue weighted by Gasteiger charge is -2.12. The van der Waals surface area contributed by atoms with Crippen LogP contribution in [0.25, 0.3) is 22.2 Å². The van der Waals surface area contributed by atoms with E-state index in [-0.39, 0.29) is 0 Å². The molecule has 0 N–H and O–H groups in total. The minimum atomic E-state index is 0.650. The fraction of sp³-hybridized carbons (Fsp3) is 0.167. The highest BCUT2D eigenvalue weighted by atomic mass is 16.5. The van der Waals surface area contributed by atoms with Gasteiger partial charge < -0.3 is 4.74 Å². The Hall–Kier alpha value is -3.15. The van der Waals surface area contributed by atoms with Crippen molar-refractivity contribution in [1.82, 2.24) is 24.5 Å². The van der Waals surface area contributed by atoms with Crippen LogP contribution in [0.15, 0.2) is 55.1 Å². The molecule has 0 aliphatic carbocycles. The summed E-state index contributed by atoms with van der Waals surface area (Å²) in [7, 11) is 3.57. The first-order valence-corrected chi connectivity index (χ1v) is 7.67. The summed E-state index contributed by atoms with van der Waals surface area (Å²) in [5.74, 6) is 0.767. The van der Waals surface area contributed by atoms with Crippen molar-refractivity contribution in [2.45, 2.75) is 6.54 Å². The minimum Gasteiger partial charge on any atom is -0.494 e. The van der Waals surface area contributed by atoms with Crippen molar-refractivity contribution in [3.63, 3.8) is 0 Å². The second-order valence-corrected chi connectivity index (χ2v) is 5.63. The molecule has 0 atom stereocenters. The van der Waals surface area contributed by atoms with Gasteiger partial charge in [0.25, 0.3) is 0 Å².